The number of hydrogen-bond donors (Lipinski definition) is 0. The largest absolute Gasteiger partial charge is 0.426 e. The van der Waals surface area contributed by atoms with Crippen molar-refractivity contribution in [3.8, 4) is 5.75 Å². The van der Waals surface area contributed by atoms with E-state index in [0.717, 1.165) is 24.8 Å². The van der Waals surface area contributed by atoms with Crippen molar-refractivity contribution in [3.63, 3.8) is 0 Å². The van der Waals surface area contributed by atoms with Gasteiger partial charge in [0, 0.05) is 19.5 Å². The molecule has 0 unspecified atom stereocenters. The van der Waals surface area contributed by atoms with Crippen LogP contribution >= 0.6 is 0 Å². The highest BCUT2D eigenvalue weighted by Crippen LogP contribution is 2.56. The van der Waals surface area contributed by atoms with Gasteiger partial charge >= 0.3 is 5.97 Å². The standard InChI is InChI=1S/C28H28N2O5/c1-16-11-21(35-28(34)20-13-23(31)29(15-20)14-17-5-3-2-4-6-17)9-10-22(16)30-26(32)24-18-7-8-19(12-18)25(24)27(30)33/h2-6,9-11,18-20,24-25H,7-8,12-15H2,1H3/t18-,19-,20+,24+,25+/m0/s1. The van der Waals surface area contributed by atoms with Crippen LogP contribution < -0.4 is 9.64 Å². The highest BCUT2D eigenvalue weighted by atomic mass is 16.5. The zero-order valence-corrected chi connectivity index (χ0v) is 19.7. The monoisotopic (exact) mass is 472 g/mol. The Morgan fingerprint density at radius 2 is 1.66 bits per heavy atom. The van der Waals surface area contributed by atoms with Gasteiger partial charge in [-0.2, -0.15) is 0 Å². The van der Waals surface area contributed by atoms with Gasteiger partial charge in [0.05, 0.1) is 23.4 Å². The van der Waals surface area contributed by atoms with Crippen LogP contribution in [0.15, 0.2) is 48.5 Å². The lowest BCUT2D eigenvalue weighted by Gasteiger charge is -2.20. The van der Waals surface area contributed by atoms with E-state index in [1.165, 1.54) is 4.90 Å². The molecule has 5 atom stereocenters. The summed E-state index contributed by atoms with van der Waals surface area (Å²) in [5.41, 5.74) is 2.29. The quantitative estimate of drug-likeness (QED) is 0.378. The lowest BCUT2D eigenvalue weighted by Crippen LogP contribution is -2.33. The molecule has 7 heteroatoms. The van der Waals surface area contributed by atoms with Crippen molar-refractivity contribution in [2.24, 2.45) is 29.6 Å². The van der Waals surface area contributed by atoms with E-state index < -0.39 is 11.9 Å². The molecule has 2 saturated carbocycles. The Morgan fingerprint density at radius 3 is 2.31 bits per heavy atom. The van der Waals surface area contributed by atoms with Gasteiger partial charge in [-0.3, -0.25) is 19.2 Å². The van der Waals surface area contributed by atoms with Gasteiger partial charge in [0.15, 0.2) is 0 Å². The Balaban J connectivity index is 1.13. The van der Waals surface area contributed by atoms with Crippen molar-refractivity contribution in [2.75, 3.05) is 11.4 Å². The predicted octanol–water partition coefficient (Wildman–Crippen LogP) is 3.48. The summed E-state index contributed by atoms with van der Waals surface area (Å²) < 4.78 is 5.61. The number of benzene rings is 2. The van der Waals surface area contributed by atoms with Gasteiger partial charge in [0.2, 0.25) is 17.7 Å². The minimum absolute atomic E-state index is 0.0621. The highest BCUT2D eigenvalue weighted by molar-refractivity contribution is 6.23. The zero-order valence-electron chi connectivity index (χ0n) is 19.7. The van der Waals surface area contributed by atoms with Crippen molar-refractivity contribution in [1.82, 2.24) is 4.90 Å². The van der Waals surface area contributed by atoms with E-state index in [0.29, 0.717) is 41.9 Å². The van der Waals surface area contributed by atoms with Gasteiger partial charge in [-0.1, -0.05) is 30.3 Å². The average Bonchev–Trinajstić information content (AvgIpc) is 3.60. The van der Waals surface area contributed by atoms with Gasteiger partial charge in [0.1, 0.15) is 5.75 Å². The minimum Gasteiger partial charge on any atom is -0.426 e. The third-order valence-corrected chi connectivity index (χ3v) is 8.32. The van der Waals surface area contributed by atoms with E-state index >= 15 is 0 Å². The number of aryl methyl sites for hydroxylation is 1. The highest BCUT2D eigenvalue weighted by Gasteiger charge is 2.61. The van der Waals surface area contributed by atoms with Gasteiger partial charge in [-0.05, 0) is 67.3 Å². The van der Waals surface area contributed by atoms with Gasteiger partial charge < -0.3 is 9.64 Å². The average molecular weight is 473 g/mol. The number of likely N-dealkylation sites (tertiary alicyclic amines) is 1. The summed E-state index contributed by atoms with van der Waals surface area (Å²) in [7, 11) is 0. The maximum Gasteiger partial charge on any atom is 0.316 e. The van der Waals surface area contributed by atoms with E-state index in [2.05, 4.69) is 0 Å². The first-order valence-corrected chi connectivity index (χ1v) is 12.4. The molecule has 0 spiro atoms. The molecule has 4 fully saturated rings. The van der Waals surface area contributed by atoms with Crippen LogP contribution in [0.5, 0.6) is 5.75 Å². The summed E-state index contributed by atoms with van der Waals surface area (Å²) in [5.74, 6) is -0.509. The van der Waals surface area contributed by atoms with Crippen molar-refractivity contribution in [2.45, 2.75) is 39.2 Å². The number of nitrogens with zero attached hydrogens (tertiary/aromatic N) is 2. The van der Waals surface area contributed by atoms with Crippen LogP contribution in [0.25, 0.3) is 0 Å². The maximum atomic E-state index is 13.2. The third kappa shape index (κ3) is 3.65. The number of fused-ring (bicyclic) bond motifs is 5. The molecule has 6 rings (SSSR count). The van der Waals surface area contributed by atoms with Crippen molar-refractivity contribution < 1.29 is 23.9 Å². The van der Waals surface area contributed by atoms with Crippen LogP contribution in [0, 0.1) is 36.5 Å². The smallest absolute Gasteiger partial charge is 0.316 e. The number of ether oxygens (including phenoxy) is 1. The number of carbonyl (C=O) groups excluding carboxylic acids is 4. The van der Waals surface area contributed by atoms with E-state index in [1.54, 1.807) is 23.1 Å². The second-order valence-electron chi connectivity index (χ2n) is 10.4. The molecule has 0 radical (unpaired) electrons. The summed E-state index contributed by atoms with van der Waals surface area (Å²) in [5, 5.41) is 0. The summed E-state index contributed by atoms with van der Waals surface area (Å²) in [6, 6.07) is 14.7. The summed E-state index contributed by atoms with van der Waals surface area (Å²) >= 11 is 0. The molecule has 2 bridgehead atoms. The molecule has 2 saturated heterocycles. The van der Waals surface area contributed by atoms with E-state index in [1.807, 2.05) is 37.3 Å². The first-order valence-electron chi connectivity index (χ1n) is 12.4. The Hall–Kier alpha value is -3.48. The first kappa shape index (κ1) is 22.0. The fraction of sp³-hybridized carbons (Fsp3) is 0.429. The SMILES string of the molecule is Cc1cc(OC(=O)[C@@H]2CC(=O)N(Cc3ccccc3)C2)ccc1N1C(=O)[C@@H]2[C@H]3CC[C@@H](C3)[C@H]2C1=O. The normalized spacial score (nSPS) is 29.3. The van der Waals surface area contributed by atoms with Crippen molar-refractivity contribution >= 4 is 29.4 Å². The second kappa shape index (κ2) is 8.33. The van der Waals surface area contributed by atoms with Gasteiger partial charge in [-0.15, -0.1) is 0 Å². The number of carbonyl (C=O) groups is 4. The second-order valence-corrected chi connectivity index (χ2v) is 10.4. The van der Waals surface area contributed by atoms with E-state index in [-0.39, 0.29) is 36.0 Å². The molecule has 4 aliphatic rings. The van der Waals surface area contributed by atoms with Crippen molar-refractivity contribution in [1.29, 1.82) is 0 Å². The van der Waals surface area contributed by atoms with Crippen LogP contribution in [0.4, 0.5) is 5.69 Å². The molecular formula is C28H28N2O5. The Morgan fingerprint density at radius 1 is 0.971 bits per heavy atom. The first-order chi connectivity index (χ1) is 16.9. The molecule has 2 heterocycles. The lowest BCUT2D eigenvalue weighted by atomic mass is 9.81. The molecule has 2 aromatic rings. The zero-order chi connectivity index (χ0) is 24.3. The third-order valence-electron chi connectivity index (χ3n) is 8.32. The number of hydrogen-bond acceptors (Lipinski definition) is 5. The molecular weight excluding hydrogens is 444 g/mol. The molecule has 0 N–H and O–H groups in total. The molecule has 2 aromatic carbocycles. The molecule has 180 valence electrons. The molecule has 0 aromatic heterocycles. The lowest BCUT2D eigenvalue weighted by molar-refractivity contribution is -0.139. The Bertz CT molecular complexity index is 1200. The summed E-state index contributed by atoms with van der Waals surface area (Å²) in [6.07, 6.45) is 3.21. The van der Waals surface area contributed by atoms with Crippen LogP contribution in [0.3, 0.4) is 0 Å². The van der Waals surface area contributed by atoms with E-state index in [9.17, 15) is 19.2 Å². The van der Waals surface area contributed by atoms with Crippen LogP contribution in [-0.4, -0.2) is 35.1 Å². The summed E-state index contributed by atoms with van der Waals surface area (Å²) in [4.78, 5) is 54.6. The van der Waals surface area contributed by atoms with Crippen molar-refractivity contribution in [3.05, 3.63) is 59.7 Å². The summed E-state index contributed by atoms with van der Waals surface area (Å²) in [6.45, 7) is 2.61. The maximum absolute atomic E-state index is 13.2. The molecule has 35 heavy (non-hydrogen) atoms. The van der Waals surface area contributed by atoms with Crippen LogP contribution in [-0.2, 0) is 25.7 Å². The predicted molar refractivity (Wildman–Crippen MR) is 127 cm³/mol. The van der Waals surface area contributed by atoms with Crippen LogP contribution in [0.1, 0.15) is 36.8 Å². The van der Waals surface area contributed by atoms with Crippen LogP contribution in [0.2, 0.25) is 0 Å². The molecule has 2 aliphatic heterocycles. The van der Waals surface area contributed by atoms with Gasteiger partial charge in [-0.25, -0.2) is 4.90 Å². The van der Waals surface area contributed by atoms with E-state index in [4.69, 9.17) is 4.74 Å². The number of anilines is 1. The Labute approximate surface area is 204 Å². The Kier molecular flexibility index (Phi) is 5.24. The number of imide groups is 1. The molecule has 2 aliphatic carbocycles. The number of amides is 3. The molecule has 7 nitrogen and oxygen atoms in total. The topological polar surface area (TPSA) is 84.0 Å². The molecule has 3 amide bonds. The van der Waals surface area contributed by atoms with Gasteiger partial charge in [0.25, 0.3) is 0 Å². The number of rotatable bonds is 5. The fourth-order valence-corrected chi connectivity index (χ4v) is 6.67. The fourth-order valence-electron chi connectivity index (χ4n) is 6.67. The minimum atomic E-state index is -0.525. The number of esters is 1.